The van der Waals surface area contributed by atoms with Crippen molar-refractivity contribution in [3.8, 4) is 0 Å². The van der Waals surface area contributed by atoms with Crippen molar-refractivity contribution in [1.29, 1.82) is 0 Å². The van der Waals surface area contributed by atoms with Gasteiger partial charge in [0, 0.05) is 28.7 Å². The average molecular weight is 343 g/mol. The highest BCUT2D eigenvalue weighted by molar-refractivity contribution is 6.30. The fourth-order valence-electron chi connectivity index (χ4n) is 2.34. The van der Waals surface area contributed by atoms with Crippen LogP contribution in [-0.2, 0) is 6.42 Å². The quantitative estimate of drug-likeness (QED) is 0.847. The van der Waals surface area contributed by atoms with Crippen molar-refractivity contribution >= 4 is 23.4 Å². The highest BCUT2D eigenvalue weighted by Gasteiger charge is 2.23. The van der Waals surface area contributed by atoms with E-state index in [-0.39, 0.29) is 11.8 Å². The normalized spacial score (nSPS) is 13.4. The molecule has 0 bridgehead atoms. The van der Waals surface area contributed by atoms with E-state index in [2.05, 4.69) is 10.6 Å². The molecule has 0 radical (unpaired) electrons. The monoisotopic (exact) mass is 342 g/mol. The number of hydrogen-bond acceptors (Lipinski definition) is 2. The number of benzene rings is 2. The van der Waals surface area contributed by atoms with Crippen molar-refractivity contribution in [2.24, 2.45) is 0 Å². The Balaban J connectivity index is 1.49. The van der Waals surface area contributed by atoms with Crippen LogP contribution in [0.1, 0.15) is 39.1 Å². The Kier molecular flexibility index (Phi) is 5.16. The minimum atomic E-state index is -0.141. The molecule has 1 fully saturated rings. The van der Waals surface area contributed by atoms with E-state index in [1.807, 2.05) is 24.3 Å². The Hall–Kier alpha value is -2.33. The van der Waals surface area contributed by atoms with E-state index in [0.717, 1.165) is 24.8 Å². The number of nitrogens with one attached hydrogen (secondary N) is 2. The molecule has 2 aromatic carbocycles. The number of halogens is 1. The van der Waals surface area contributed by atoms with Gasteiger partial charge >= 0.3 is 0 Å². The summed E-state index contributed by atoms with van der Waals surface area (Å²) in [6.07, 6.45) is 2.85. The summed E-state index contributed by atoms with van der Waals surface area (Å²) in [5.74, 6) is -0.217. The maximum atomic E-state index is 12.1. The first-order chi connectivity index (χ1) is 11.6. The Morgan fingerprint density at radius 1 is 0.917 bits per heavy atom. The molecule has 2 N–H and O–H groups in total. The standard InChI is InChI=1S/C19H19ClN2O2/c20-16-7-1-13(2-8-16)11-12-21-18(23)14-3-5-15(6-4-14)19(24)22-17-9-10-17/h1-8,17H,9-12H2,(H,21,23)(H,22,24). The van der Waals surface area contributed by atoms with Gasteiger partial charge < -0.3 is 10.6 Å². The van der Waals surface area contributed by atoms with E-state index >= 15 is 0 Å². The molecule has 0 heterocycles. The molecule has 3 rings (SSSR count). The number of amides is 2. The third-order valence-electron chi connectivity index (χ3n) is 3.93. The Bertz CT molecular complexity index is 722. The Morgan fingerprint density at radius 3 is 2.08 bits per heavy atom. The summed E-state index contributed by atoms with van der Waals surface area (Å²) in [6, 6.07) is 14.6. The molecule has 0 spiro atoms. The molecule has 1 aliphatic rings. The summed E-state index contributed by atoms with van der Waals surface area (Å²) in [7, 11) is 0. The molecule has 0 aromatic heterocycles. The van der Waals surface area contributed by atoms with Crippen molar-refractivity contribution < 1.29 is 9.59 Å². The Labute approximate surface area is 146 Å². The number of carbonyl (C=O) groups is 2. The highest BCUT2D eigenvalue weighted by atomic mass is 35.5. The second kappa shape index (κ2) is 7.49. The second-order valence-corrected chi connectivity index (χ2v) is 6.39. The zero-order valence-electron chi connectivity index (χ0n) is 13.2. The van der Waals surface area contributed by atoms with Gasteiger partial charge in [-0.3, -0.25) is 9.59 Å². The molecule has 0 unspecified atom stereocenters. The maximum Gasteiger partial charge on any atom is 0.251 e. The molecule has 5 heteroatoms. The summed E-state index contributed by atoms with van der Waals surface area (Å²) >= 11 is 5.84. The van der Waals surface area contributed by atoms with E-state index in [4.69, 9.17) is 11.6 Å². The van der Waals surface area contributed by atoms with Crippen molar-refractivity contribution in [2.75, 3.05) is 6.54 Å². The molecule has 1 saturated carbocycles. The molecule has 2 aromatic rings. The summed E-state index contributed by atoms with van der Waals surface area (Å²) in [5.41, 5.74) is 2.25. The lowest BCUT2D eigenvalue weighted by Crippen LogP contribution is -2.27. The maximum absolute atomic E-state index is 12.1. The van der Waals surface area contributed by atoms with Gasteiger partial charge in [-0.2, -0.15) is 0 Å². The summed E-state index contributed by atoms with van der Waals surface area (Å²) in [4.78, 5) is 24.0. The highest BCUT2D eigenvalue weighted by Crippen LogP contribution is 2.19. The van der Waals surface area contributed by atoms with Gasteiger partial charge in [0.05, 0.1) is 0 Å². The van der Waals surface area contributed by atoms with Crippen LogP contribution in [0.2, 0.25) is 5.02 Å². The second-order valence-electron chi connectivity index (χ2n) is 5.96. The molecule has 0 saturated heterocycles. The lowest BCUT2D eigenvalue weighted by atomic mass is 10.1. The smallest absolute Gasteiger partial charge is 0.251 e. The fourth-order valence-corrected chi connectivity index (χ4v) is 2.47. The fraction of sp³-hybridized carbons (Fsp3) is 0.263. The zero-order chi connectivity index (χ0) is 16.9. The molecule has 0 atom stereocenters. The van der Waals surface area contributed by atoms with Crippen LogP contribution in [0.25, 0.3) is 0 Å². The minimum absolute atomic E-state index is 0.0767. The van der Waals surface area contributed by atoms with Crippen molar-refractivity contribution in [1.82, 2.24) is 10.6 Å². The van der Waals surface area contributed by atoms with Crippen molar-refractivity contribution in [3.63, 3.8) is 0 Å². The number of rotatable bonds is 6. The van der Waals surface area contributed by atoms with Crippen molar-refractivity contribution in [3.05, 3.63) is 70.2 Å². The molecule has 0 aliphatic heterocycles. The van der Waals surface area contributed by atoms with Gasteiger partial charge in [-0.1, -0.05) is 23.7 Å². The topological polar surface area (TPSA) is 58.2 Å². The van der Waals surface area contributed by atoms with Gasteiger partial charge in [0.15, 0.2) is 0 Å². The van der Waals surface area contributed by atoms with Crippen molar-refractivity contribution in [2.45, 2.75) is 25.3 Å². The van der Waals surface area contributed by atoms with E-state index in [1.165, 1.54) is 0 Å². The lowest BCUT2D eigenvalue weighted by molar-refractivity contribution is 0.0940. The van der Waals surface area contributed by atoms with Crippen LogP contribution in [0.4, 0.5) is 0 Å². The molecule has 2 amide bonds. The van der Waals surface area contributed by atoms with Crippen LogP contribution in [0, 0.1) is 0 Å². The predicted octanol–water partition coefficient (Wildman–Crippen LogP) is 3.20. The first kappa shape index (κ1) is 16.5. The zero-order valence-corrected chi connectivity index (χ0v) is 14.0. The van der Waals surface area contributed by atoms with Crippen LogP contribution in [-0.4, -0.2) is 24.4 Å². The number of carbonyl (C=O) groups excluding carboxylic acids is 2. The van der Waals surface area contributed by atoms with Crippen LogP contribution >= 0.6 is 11.6 Å². The molecular formula is C19H19ClN2O2. The minimum Gasteiger partial charge on any atom is -0.352 e. The van der Waals surface area contributed by atoms with E-state index in [9.17, 15) is 9.59 Å². The van der Waals surface area contributed by atoms with Gasteiger partial charge in [0.1, 0.15) is 0 Å². The first-order valence-corrected chi connectivity index (χ1v) is 8.43. The largest absolute Gasteiger partial charge is 0.352 e. The van der Waals surface area contributed by atoms with Crippen LogP contribution in [0.5, 0.6) is 0 Å². The molecule has 1 aliphatic carbocycles. The lowest BCUT2D eigenvalue weighted by Gasteiger charge is -2.07. The van der Waals surface area contributed by atoms with Gasteiger partial charge in [-0.15, -0.1) is 0 Å². The number of hydrogen-bond donors (Lipinski definition) is 2. The van der Waals surface area contributed by atoms with Crippen LogP contribution in [0.15, 0.2) is 48.5 Å². The third-order valence-corrected chi connectivity index (χ3v) is 4.19. The third kappa shape index (κ3) is 4.59. The summed E-state index contributed by atoms with van der Waals surface area (Å²) < 4.78 is 0. The van der Waals surface area contributed by atoms with E-state index in [1.54, 1.807) is 24.3 Å². The van der Waals surface area contributed by atoms with Gasteiger partial charge in [0.2, 0.25) is 0 Å². The molecule has 24 heavy (non-hydrogen) atoms. The average Bonchev–Trinajstić information content (AvgIpc) is 3.40. The van der Waals surface area contributed by atoms with Crippen LogP contribution < -0.4 is 10.6 Å². The van der Waals surface area contributed by atoms with Gasteiger partial charge in [0.25, 0.3) is 11.8 Å². The van der Waals surface area contributed by atoms with Gasteiger partial charge in [-0.05, 0) is 61.2 Å². The predicted molar refractivity (Wildman–Crippen MR) is 94.4 cm³/mol. The molecule has 4 nitrogen and oxygen atoms in total. The molecular weight excluding hydrogens is 324 g/mol. The summed E-state index contributed by atoms with van der Waals surface area (Å²) in [5, 5.41) is 6.51. The van der Waals surface area contributed by atoms with Crippen LogP contribution in [0.3, 0.4) is 0 Å². The molecule has 124 valence electrons. The van der Waals surface area contributed by atoms with E-state index in [0.29, 0.717) is 28.7 Å². The van der Waals surface area contributed by atoms with Gasteiger partial charge in [-0.25, -0.2) is 0 Å². The first-order valence-electron chi connectivity index (χ1n) is 8.05. The SMILES string of the molecule is O=C(NCCc1ccc(Cl)cc1)c1ccc(C(=O)NC2CC2)cc1. The summed E-state index contributed by atoms with van der Waals surface area (Å²) in [6.45, 7) is 0.546. The Morgan fingerprint density at radius 2 is 1.50 bits per heavy atom. The van der Waals surface area contributed by atoms with E-state index < -0.39 is 0 Å².